The molecular formula is C25H26FN3O8S. The number of ether oxygens (including phenoxy) is 1. The molecule has 0 amide bonds. The molecule has 3 aromatic rings. The summed E-state index contributed by atoms with van der Waals surface area (Å²) in [5.41, 5.74) is -0.0817. The molecule has 2 aromatic heterocycles. The first kappa shape index (κ1) is 26.4. The molecule has 2 aliphatic heterocycles. The van der Waals surface area contributed by atoms with Crippen LogP contribution in [0.4, 0.5) is 4.39 Å². The summed E-state index contributed by atoms with van der Waals surface area (Å²) in [7, 11) is -4.27. The summed E-state index contributed by atoms with van der Waals surface area (Å²) in [6.45, 7) is 3.53. The Morgan fingerprint density at radius 1 is 1.29 bits per heavy atom. The van der Waals surface area contributed by atoms with Gasteiger partial charge < -0.3 is 19.5 Å². The maximum Gasteiger partial charge on any atom is 0.343 e. The molecule has 5 rings (SSSR count). The van der Waals surface area contributed by atoms with E-state index in [1.54, 1.807) is 26.8 Å². The lowest BCUT2D eigenvalue weighted by atomic mass is 9.86. The molecule has 0 fully saturated rings. The van der Waals surface area contributed by atoms with Crippen molar-refractivity contribution in [2.45, 2.75) is 52.0 Å². The average molecular weight is 548 g/mol. The monoisotopic (exact) mass is 547 g/mol. The van der Waals surface area contributed by atoms with Gasteiger partial charge in [-0.1, -0.05) is 6.92 Å². The molecule has 13 heteroatoms. The summed E-state index contributed by atoms with van der Waals surface area (Å²) in [4.78, 5) is 30.6. The van der Waals surface area contributed by atoms with Crippen LogP contribution in [0.15, 0.2) is 23.0 Å². The second kappa shape index (κ2) is 9.20. The molecule has 0 bridgehead atoms. The maximum atomic E-state index is 14.6. The summed E-state index contributed by atoms with van der Waals surface area (Å²) in [6.07, 6.45) is -0.0257. The molecule has 0 unspecified atom stereocenters. The van der Waals surface area contributed by atoms with Crippen molar-refractivity contribution < 1.29 is 36.7 Å². The van der Waals surface area contributed by atoms with Crippen LogP contribution in [0.3, 0.4) is 0 Å². The number of carbonyl (C=O) groups is 1. The lowest BCUT2D eigenvalue weighted by Crippen LogP contribution is -2.44. The highest BCUT2D eigenvalue weighted by atomic mass is 32.2. The molecule has 0 aliphatic carbocycles. The number of rotatable bonds is 7. The van der Waals surface area contributed by atoms with E-state index < -0.39 is 52.5 Å². The van der Waals surface area contributed by atoms with Gasteiger partial charge >= 0.3 is 16.3 Å². The lowest BCUT2D eigenvalue weighted by Gasteiger charge is -2.31. The van der Waals surface area contributed by atoms with Gasteiger partial charge in [0.05, 0.1) is 42.2 Å². The number of benzene rings is 1. The molecular weight excluding hydrogens is 521 g/mol. The van der Waals surface area contributed by atoms with E-state index in [0.717, 1.165) is 0 Å². The number of halogens is 1. The normalized spacial score (nSPS) is 19.2. The first-order valence-corrected chi connectivity index (χ1v) is 13.4. The zero-order valence-electron chi connectivity index (χ0n) is 20.9. The SMILES string of the molecule is CC[C@@]1(O)C(=O)OCc2c1cc1n(c2=O)Cc2c-1nc1cc(F)c(C)cc1c2[C@@H](C)NS(=O)(=O)OCCO. The standard InChI is InChI=1S/C25H26FN3O8S/c1-4-25(33)17-8-20-22-15(10-29(20)23(31)16(17)11-36-24(25)32)21(13(3)28-38(34,35)37-6-5-30)14-7-12(2)18(26)9-19(14)27-22/h7-9,13,28,30,33H,4-6,10-11H2,1-3H3/t13-,25+/m1/s1. The predicted octanol–water partition coefficient (Wildman–Crippen LogP) is 1.43. The van der Waals surface area contributed by atoms with Gasteiger partial charge in [0.25, 0.3) is 5.56 Å². The van der Waals surface area contributed by atoms with Crippen LogP contribution in [0.2, 0.25) is 0 Å². The molecule has 4 heterocycles. The van der Waals surface area contributed by atoms with E-state index in [1.807, 2.05) is 0 Å². The van der Waals surface area contributed by atoms with Gasteiger partial charge in [-0.2, -0.15) is 13.1 Å². The molecule has 2 aliphatic rings. The number of fused-ring (bicyclic) bond motifs is 5. The number of esters is 1. The maximum absolute atomic E-state index is 14.6. The number of hydrogen-bond acceptors (Lipinski definition) is 9. The highest BCUT2D eigenvalue weighted by molar-refractivity contribution is 7.84. The Morgan fingerprint density at radius 2 is 2.03 bits per heavy atom. The van der Waals surface area contributed by atoms with Crippen LogP contribution < -0.4 is 10.3 Å². The van der Waals surface area contributed by atoms with E-state index in [2.05, 4.69) is 9.71 Å². The number of aliphatic hydroxyl groups excluding tert-OH is 1. The number of carbonyl (C=O) groups excluding carboxylic acids is 1. The van der Waals surface area contributed by atoms with Gasteiger partial charge in [0.2, 0.25) is 0 Å². The molecule has 0 saturated carbocycles. The van der Waals surface area contributed by atoms with Gasteiger partial charge in [-0.15, -0.1) is 0 Å². The highest BCUT2D eigenvalue weighted by Gasteiger charge is 2.45. The third kappa shape index (κ3) is 4.01. The van der Waals surface area contributed by atoms with Crippen LogP contribution in [-0.2, 0) is 42.8 Å². The zero-order chi connectivity index (χ0) is 27.6. The number of aryl methyl sites for hydroxylation is 1. The Kier molecular flexibility index (Phi) is 6.39. The molecule has 3 N–H and O–H groups in total. The number of aromatic nitrogens is 2. The summed E-state index contributed by atoms with van der Waals surface area (Å²) in [5.74, 6) is -1.37. The fraction of sp³-hybridized carbons (Fsp3) is 0.400. The topological polar surface area (TPSA) is 157 Å². The molecule has 1 aromatic carbocycles. The van der Waals surface area contributed by atoms with Crippen LogP contribution in [0.5, 0.6) is 0 Å². The van der Waals surface area contributed by atoms with E-state index in [4.69, 9.17) is 14.0 Å². The van der Waals surface area contributed by atoms with Crippen LogP contribution >= 0.6 is 0 Å². The van der Waals surface area contributed by atoms with Crippen LogP contribution in [0.25, 0.3) is 22.3 Å². The van der Waals surface area contributed by atoms with Crippen molar-refractivity contribution in [2.75, 3.05) is 13.2 Å². The second-order valence-electron chi connectivity index (χ2n) is 9.41. The van der Waals surface area contributed by atoms with Crippen LogP contribution in [0, 0.1) is 12.7 Å². The van der Waals surface area contributed by atoms with Crippen molar-refractivity contribution in [1.82, 2.24) is 14.3 Å². The third-order valence-corrected chi connectivity index (χ3v) is 8.22. The minimum atomic E-state index is -4.27. The van der Waals surface area contributed by atoms with Gasteiger partial charge in [0, 0.05) is 28.6 Å². The Hall–Kier alpha value is -3.23. The van der Waals surface area contributed by atoms with Crippen molar-refractivity contribution in [3.63, 3.8) is 0 Å². The average Bonchev–Trinajstić information content (AvgIpc) is 3.23. The number of nitrogens with zero attached hydrogens (tertiary/aromatic N) is 2. The number of pyridine rings is 2. The first-order valence-electron chi connectivity index (χ1n) is 12.0. The number of nitrogens with one attached hydrogen (secondary N) is 1. The number of cyclic esters (lactones) is 1. The smallest absolute Gasteiger partial charge is 0.343 e. The van der Waals surface area contributed by atoms with Crippen molar-refractivity contribution in [3.8, 4) is 11.4 Å². The highest BCUT2D eigenvalue weighted by Crippen LogP contribution is 2.42. The van der Waals surface area contributed by atoms with Crippen LogP contribution in [0.1, 0.15) is 54.1 Å². The van der Waals surface area contributed by atoms with Gasteiger partial charge in [-0.3, -0.25) is 8.98 Å². The summed E-state index contributed by atoms with van der Waals surface area (Å²) in [5, 5.41) is 20.5. The van der Waals surface area contributed by atoms with Crippen molar-refractivity contribution in [2.24, 2.45) is 0 Å². The number of hydrogen-bond donors (Lipinski definition) is 3. The van der Waals surface area contributed by atoms with Crippen molar-refractivity contribution in [1.29, 1.82) is 0 Å². The number of aliphatic hydroxyl groups is 2. The Balaban J connectivity index is 1.76. The molecule has 2 atom stereocenters. The fourth-order valence-corrected chi connectivity index (χ4v) is 6.10. The summed E-state index contributed by atoms with van der Waals surface area (Å²) >= 11 is 0. The summed E-state index contributed by atoms with van der Waals surface area (Å²) < 4.78 is 53.2. The Morgan fingerprint density at radius 3 is 2.71 bits per heavy atom. The van der Waals surface area contributed by atoms with Crippen molar-refractivity contribution in [3.05, 3.63) is 62.2 Å². The molecule has 38 heavy (non-hydrogen) atoms. The fourth-order valence-electron chi connectivity index (χ4n) is 5.19. The molecule has 0 saturated heterocycles. The van der Waals surface area contributed by atoms with E-state index >= 15 is 0 Å². The Bertz CT molecular complexity index is 1670. The van der Waals surface area contributed by atoms with Gasteiger partial charge in [-0.25, -0.2) is 14.2 Å². The van der Waals surface area contributed by atoms with Crippen LogP contribution in [-0.4, -0.2) is 47.4 Å². The van der Waals surface area contributed by atoms with E-state index in [-0.39, 0.29) is 36.2 Å². The van der Waals surface area contributed by atoms with Crippen molar-refractivity contribution >= 4 is 27.2 Å². The molecule has 11 nitrogen and oxygen atoms in total. The minimum absolute atomic E-state index is 0.0214. The van der Waals surface area contributed by atoms with E-state index in [1.165, 1.54) is 16.7 Å². The first-order chi connectivity index (χ1) is 17.9. The predicted molar refractivity (Wildman–Crippen MR) is 133 cm³/mol. The Labute approximate surface area is 217 Å². The second-order valence-corrected chi connectivity index (χ2v) is 10.8. The zero-order valence-corrected chi connectivity index (χ0v) is 21.7. The third-order valence-electron chi connectivity index (χ3n) is 7.10. The molecule has 202 valence electrons. The van der Waals surface area contributed by atoms with Gasteiger partial charge in [-0.05, 0) is 43.5 Å². The van der Waals surface area contributed by atoms with E-state index in [9.17, 15) is 27.5 Å². The molecule has 0 spiro atoms. The minimum Gasteiger partial charge on any atom is -0.458 e. The van der Waals surface area contributed by atoms with Gasteiger partial charge in [0.15, 0.2) is 5.60 Å². The quantitative estimate of drug-likeness (QED) is 0.291. The van der Waals surface area contributed by atoms with E-state index in [0.29, 0.717) is 33.5 Å². The lowest BCUT2D eigenvalue weighted by molar-refractivity contribution is -0.172. The summed E-state index contributed by atoms with van der Waals surface area (Å²) in [6, 6.07) is 3.42. The molecule has 0 radical (unpaired) electrons. The van der Waals surface area contributed by atoms with Gasteiger partial charge in [0.1, 0.15) is 12.4 Å². The largest absolute Gasteiger partial charge is 0.458 e.